The van der Waals surface area contributed by atoms with Gasteiger partial charge in [0.25, 0.3) is 0 Å². The van der Waals surface area contributed by atoms with Crippen molar-refractivity contribution in [3.8, 4) is 0 Å². The number of amides is 1. The molecule has 1 unspecified atom stereocenters. The Morgan fingerprint density at radius 1 is 1.25 bits per heavy atom. The predicted octanol–water partition coefficient (Wildman–Crippen LogP) is 2.19. The molecule has 1 amide bonds. The van der Waals surface area contributed by atoms with E-state index in [4.69, 9.17) is 4.74 Å². The number of ether oxygens (including phenoxy) is 1. The molecule has 4 heteroatoms. The number of nitrogens with one attached hydrogen (secondary N) is 2. The molecule has 1 rings (SSSR count). The first-order chi connectivity index (χ1) is 9.54. The number of hydrogen-bond donors (Lipinski definition) is 2. The number of benzene rings is 1. The molecule has 0 bridgehead atoms. The zero-order valence-electron chi connectivity index (χ0n) is 12.9. The van der Waals surface area contributed by atoms with Crippen molar-refractivity contribution in [1.29, 1.82) is 0 Å². The summed E-state index contributed by atoms with van der Waals surface area (Å²) in [5.41, 5.74) is 2.43. The summed E-state index contributed by atoms with van der Waals surface area (Å²) in [7, 11) is 1.66. The van der Waals surface area contributed by atoms with Gasteiger partial charge in [-0.2, -0.15) is 0 Å². The van der Waals surface area contributed by atoms with Crippen LogP contribution in [0.1, 0.15) is 37.4 Å². The Morgan fingerprint density at radius 3 is 2.50 bits per heavy atom. The third-order valence-electron chi connectivity index (χ3n) is 3.30. The molecule has 0 spiro atoms. The number of rotatable bonds is 8. The van der Waals surface area contributed by atoms with E-state index >= 15 is 0 Å². The minimum atomic E-state index is -0.214. The van der Waals surface area contributed by atoms with Gasteiger partial charge in [-0.1, -0.05) is 29.8 Å². The number of aryl methyl sites for hydroxylation is 1. The van der Waals surface area contributed by atoms with E-state index in [0.717, 1.165) is 6.42 Å². The van der Waals surface area contributed by atoms with Gasteiger partial charge in [0.1, 0.15) is 0 Å². The second-order valence-electron chi connectivity index (χ2n) is 5.16. The van der Waals surface area contributed by atoms with Crippen LogP contribution < -0.4 is 10.6 Å². The maximum absolute atomic E-state index is 11.9. The highest BCUT2D eigenvalue weighted by Crippen LogP contribution is 2.13. The van der Waals surface area contributed by atoms with Crippen molar-refractivity contribution in [3.05, 3.63) is 35.4 Å². The molecular weight excluding hydrogens is 252 g/mol. The summed E-state index contributed by atoms with van der Waals surface area (Å²) < 4.78 is 4.95. The first-order valence-electron chi connectivity index (χ1n) is 7.14. The van der Waals surface area contributed by atoms with Gasteiger partial charge in [-0.3, -0.25) is 10.1 Å². The third kappa shape index (κ3) is 5.72. The molecule has 1 aromatic rings. The Labute approximate surface area is 121 Å². The normalized spacial score (nSPS) is 13.8. The van der Waals surface area contributed by atoms with E-state index in [0.29, 0.717) is 13.2 Å². The van der Waals surface area contributed by atoms with Crippen molar-refractivity contribution >= 4 is 5.91 Å². The smallest absolute Gasteiger partial charge is 0.236 e. The summed E-state index contributed by atoms with van der Waals surface area (Å²) in [6, 6.07) is 8.29. The highest BCUT2D eigenvalue weighted by atomic mass is 16.5. The van der Waals surface area contributed by atoms with Crippen molar-refractivity contribution in [2.75, 3.05) is 20.3 Å². The summed E-state index contributed by atoms with van der Waals surface area (Å²) in [6.45, 7) is 7.34. The molecule has 0 saturated carbocycles. The summed E-state index contributed by atoms with van der Waals surface area (Å²) in [6.07, 6.45) is 0.836. The fourth-order valence-corrected chi connectivity index (χ4v) is 1.98. The lowest BCUT2D eigenvalue weighted by atomic mass is 10.1. The fourth-order valence-electron chi connectivity index (χ4n) is 1.98. The lowest BCUT2D eigenvalue weighted by molar-refractivity contribution is -0.122. The van der Waals surface area contributed by atoms with Crippen LogP contribution in [0.25, 0.3) is 0 Å². The van der Waals surface area contributed by atoms with Gasteiger partial charge in [-0.25, -0.2) is 0 Å². The van der Waals surface area contributed by atoms with Crippen LogP contribution in [0.15, 0.2) is 24.3 Å². The molecule has 0 radical (unpaired) electrons. The molecule has 0 aromatic heterocycles. The van der Waals surface area contributed by atoms with Gasteiger partial charge in [0.15, 0.2) is 0 Å². The monoisotopic (exact) mass is 278 g/mol. The molecule has 0 aliphatic heterocycles. The van der Waals surface area contributed by atoms with E-state index in [-0.39, 0.29) is 18.0 Å². The average molecular weight is 278 g/mol. The van der Waals surface area contributed by atoms with E-state index < -0.39 is 0 Å². The number of carbonyl (C=O) groups excluding carboxylic acids is 1. The van der Waals surface area contributed by atoms with Crippen molar-refractivity contribution in [3.63, 3.8) is 0 Å². The molecule has 2 atom stereocenters. The maximum atomic E-state index is 11.9. The summed E-state index contributed by atoms with van der Waals surface area (Å²) >= 11 is 0. The fraction of sp³-hybridized carbons (Fsp3) is 0.562. The highest BCUT2D eigenvalue weighted by Gasteiger charge is 2.15. The molecule has 0 fully saturated rings. The maximum Gasteiger partial charge on any atom is 0.236 e. The minimum Gasteiger partial charge on any atom is -0.385 e. The summed E-state index contributed by atoms with van der Waals surface area (Å²) in [5, 5.41) is 6.21. The highest BCUT2D eigenvalue weighted by molar-refractivity contribution is 5.81. The molecule has 0 saturated heterocycles. The molecule has 0 heterocycles. The SMILES string of the molecule is COCCCNC(=O)C(C)N[C@H](C)c1ccc(C)cc1. The number of hydrogen-bond acceptors (Lipinski definition) is 3. The molecular formula is C16H26N2O2. The van der Waals surface area contributed by atoms with Gasteiger partial charge in [0.2, 0.25) is 5.91 Å². The Morgan fingerprint density at radius 2 is 1.90 bits per heavy atom. The van der Waals surface area contributed by atoms with Crippen LogP contribution in [0, 0.1) is 6.92 Å². The van der Waals surface area contributed by atoms with Crippen molar-refractivity contribution < 1.29 is 9.53 Å². The second-order valence-corrected chi connectivity index (χ2v) is 5.16. The Bertz CT molecular complexity index is 403. The quantitative estimate of drug-likeness (QED) is 0.717. The average Bonchev–Trinajstić information content (AvgIpc) is 2.44. The topological polar surface area (TPSA) is 50.4 Å². The zero-order valence-corrected chi connectivity index (χ0v) is 12.9. The van der Waals surface area contributed by atoms with Crippen LogP contribution in [0.2, 0.25) is 0 Å². The van der Waals surface area contributed by atoms with E-state index in [1.807, 2.05) is 6.92 Å². The molecule has 4 nitrogen and oxygen atoms in total. The van der Waals surface area contributed by atoms with Gasteiger partial charge < -0.3 is 10.1 Å². The van der Waals surface area contributed by atoms with Crippen LogP contribution in [-0.4, -0.2) is 32.2 Å². The summed E-state index contributed by atoms with van der Waals surface area (Å²) in [4.78, 5) is 11.9. The molecule has 0 aliphatic carbocycles. The number of carbonyl (C=O) groups is 1. The Balaban J connectivity index is 2.38. The molecule has 20 heavy (non-hydrogen) atoms. The zero-order chi connectivity index (χ0) is 15.0. The standard InChI is InChI=1S/C16H26N2O2/c1-12-6-8-15(9-7-12)13(2)18-14(3)16(19)17-10-5-11-20-4/h6-9,13-14,18H,5,10-11H2,1-4H3,(H,17,19)/t13-,14?/m1/s1. The minimum absolute atomic E-state index is 0.0278. The van der Waals surface area contributed by atoms with Crippen molar-refractivity contribution in [2.45, 2.75) is 39.3 Å². The van der Waals surface area contributed by atoms with Crippen LogP contribution in [-0.2, 0) is 9.53 Å². The van der Waals surface area contributed by atoms with E-state index in [1.165, 1.54) is 11.1 Å². The van der Waals surface area contributed by atoms with Crippen LogP contribution in [0.3, 0.4) is 0 Å². The second kappa shape index (κ2) is 8.72. The lowest BCUT2D eigenvalue weighted by Crippen LogP contribution is -2.43. The third-order valence-corrected chi connectivity index (χ3v) is 3.30. The molecule has 112 valence electrons. The molecule has 1 aromatic carbocycles. The van der Waals surface area contributed by atoms with Crippen LogP contribution >= 0.6 is 0 Å². The molecule has 0 aliphatic rings. The molecule has 2 N–H and O–H groups in total. The summed E-state index contributed by atoms with van der Waals surface area (Å²) in [5.74, 6) is 0.0278. The Hall–Kier alpha value is -1.39. The van der Waals surface area contributed by atoms with Gasteiger partial charge in [0.05, 0.1) is 6.04 Å². The largest absolute Gasteiger partial charge is 0.385 e. The van der Waals surface area contributed by atoms with E-state index in [1.54, 1.807) is 7.11 Å². The van der Waals surface area contributed by atoms with Crippen LogP contribution in [0.5, 0.6) is 0 Å². The predicted molar refractivity (Wildman–Crippen MR) is 81.7 cm³/mol. The van der Waals surface area contributed by atoms with Crippen molar-refractivity contribution in [2.24, 2.45) is 0 Å². The first kappa shape index (κ1) is 16.7. The van der Waals surface area contributed by atoms with Gasteiger partial charge in [-0.15, -0.1) is 0 Å². The van der Waals surface area contributed by atoms with Gasteiger partial charge in [-0.05, 0) is 32.8 Å². The van der Waals surface area contributed by atoms with Gasteiger partial charge >= 0.3 is 0 Å². The van der Waals surface area contributed by atoms with E-state index in [2.05, 4.69) is 48.7 Å². The first-order valence-corrected chi connectivity index (χ1v) is 7.14. The lowest BCUT2D eigenvalue weighted by Gasteiger charge is -2.20. The number of methoxy groups -OCH3 is 1. The Kier molecular flexibility index (Phi) is 7.26. The van der Waals surface area contributed by atoms with Crippen LogP contribution in [0.4, 0.5) is 0 Å². The van der Waals surface area contributed by atoms with Crippen molar-refractivity contribution in [1.82, 2.24) is 10.6 Å². The van der Waals surface area contributed by atoms with E-state index in [9.17, 15) is 4.79 Å². The van der Waals surface area contributed by atoms with Gasteiger partial charge in [0, 0.05) is 26.3 Å².